The van der Waals surface area contributed by atoms with Crippen molar-refractivity contribution in [3.8, 4) is 0 Å². The molecule has 1 atom stereocenters. The average molecular weight is 293 g/mol. The number of nitrogens with zero attached hydrogens (tertiary/aromatic N) is 3. The van der Waals surface area contributed by atoms with E-state index in [1.807, 2.05) is 29.1 Å². The molecule has 20 heavy (non-hydrogen) atoms. The number of nitrogens with two attached hydrogens (primary N) is 1. The molecule has 1 unspecified atom stereocenters. The van der Waals surface area contributed by atoms with Crippen LogP contribution in [0.15, 0.2) is 36.7 Å². The summed E-state index contributed by atoms with van der Waals surface area (Å²) in [5.74, 6) is 0. The topological polar surface area (TPSA) is 47.1 Å². The summed E-state index contributed by atoms with van der Waals surface area (Å²) < 4.78 is 1.92. The molecule has 0 spiro atoms. The zero-order chi connectivity index (χ0) is 14.5. The van der Waals surface area contributed by atoms with Crippen molar-refractivity contribution < 1.29 is 0 Å². The maximum absolute atomic E-state index is 6.02. The second kappa shape index (κ2) is 6.88. The number of hydrogen-bond acceptors (Lipinski definition) is 3. The number of halogens is 1. The van der Waals surface area contributed by atoms with Gasteiger partial charge in [-0.25, -0.2) is 0 Å². The zero-order valence-corrected chi connectivity index (χ0v) is 12.7. The third-order valence-corrected chi connectivity index (χ3v) is 3.67. The highest BCUT2D eigenvalue weighted by atomic mass is 35.5. The summed E-state index contributed by atoms with van der Waals surface area (Å²) in [6.45, 7) is 4.31. The van der Waals surface area contributed by atoms with Crippen LogP contribution in [-0.2, 0) is 13.1 Å². The van der Waals surface area contributed by atoms with Crippen molar-refractivity contribution in [3.05, 3.63) is 52.8 Å². The van der Waals surface area contributed by atoms with Crippen LogP contribution in [0.2, 0.25) is 5.02 Å². The van der Waals surface area contributed by atoms with Crippen molar-refractivity contribution in [2.24, 2.45) is 5.73 Å². The lowest BCUT2D eigenvalue weighted by Crippen LogP contribution is -2.30. The van der Waals surface area contributed by atoms with Gasteiger partial charge in [0.1, 0.15) is 0 Å². The molecule has 0 fully saturated rings. The molecule has 0 aliphatic heterocycles. The summed E-state index contributed by atoms with van der Waals surface area (Å²) in [5, 5.41) is 5.08. The SMILES string of the molecule is CCn1cc(C(CN)N(C)Cc2cccc(Cl)c2)cn1. The summed E-state index contributed by atoms with van der Waals surface area (Å²) in [7, 11) is 2.07. The number of aromatic nitrogens is 2. The van der Waals surface area contributed by atoms with Crippen LogP contribution in [0.3, 0.4) is 0 Å². The van der Waals surface area contributed by atoms with Crippen LogP contribution in [-0.4, -0.2) is 28.3 Å². The summed E-state index contributed by atoms with van der Waals surface area (Å²) in [5.41, 5.74) is 8.27. The molecule has 0 radical (unpaired) electrons. The molecule has 0 saturated carbocycles. The van der Waals surface area contributed by atoms with Gasteiger partial charge in [-0.1, -0.05) is 23.7 Å². The fraction of sp³-hybridized carbons (Fsp3) is 0.400. The molecule has 0 bridgehead atoms. The number of aryl methyl sites for hydroxylation is 1. The molecule has 5 heteroatoms. The largest absolute Gasteiger partial charge is 0.329 e. The summed E-state index contributed by atoms with van der Waals surface area (Å²) in [4.78, 5) is 2.22. The first kappa shape index (κ1) is 15.0. The summed E-state index contributed by atoms with van der Waals surface area (Å²) in [6, 6.07) is 8.08. The predicted octanol–water partition coefficient (Wildman–Crippen LogP) is 2.69. The monoisotopic (exact) mass is 292 g/mol. The van der Waals surface area contributed by atoms with E-state index in [4.69, 9.17) is 17.3 Å². The van der Waals surface area contributed by atoms with Crippen LogP contribution in [0.25, 0.3) is 0 Å². The Morgan fingerprint density at radius 1 is 1.45 bits per heavy atom. The Labute approximate surface area is 125 Å². The Morgan fingerprint density at radius 3 is 2.85 bits per heavy atom. The molecule has 2 aromatic rings. The van der Waals surface area contributed by atoms with Gasteiger partial charge in [0.2, 0.25) is 0 Å². The van der Waals surface area contributed by atoms with Gasteiger partial charge in [-0.2, -0.15) is 5.10 Å². The molecule has 1 aromatic heterocycles. The van der Waals surface area contributed by atoms with Gasteiger partial charge in [0.05, 0.1) is 12.2 Å². The van der Waals surface area contributed by atoms with E-state index in [-0.39, 0.29) is 6.04 Å². The first-order valence-electron chi connectivity index (χ1n) is 6.81. The molecule has 4 nitrogen and oxygen atoms in total. The molecule has 1 heterocycles. The van der Waals surface area contributed by atoms with E-state index >= 15 is 0 Å². The van der Waals surface area contributed by atoms with Gasteiger partial charge in [0.25, 0.3) is 0 Å². The van der Waals surface area contributed by atoms with E-state index in [1.165, 1.54) is 5.56 Å². The standard InChI is InChI=1S/C15H21ClN4/c1-3-20-11-13(9-18-20)15(8-17)19(2)10-12-5-4-6-14(16)7-12/h4-7,9,11,15H,3,8,10,17H2,1-2H3. The molecule has 0 aliphatic rings. The fourth-order valence-electron chi connectivity index (χ4n) is 2.33. The van der Waals surface area contributed by atoms with Gasteiger partial charge >= 0.3 is 0 Å². The van der Waals surface area contributed by atoms with E-state index in [0.29, 0.717) is 6.54 Å². The summed E-state index contributed by atoms with van der Waals surface area (Å²) in [6.07, 6.45) is 3.96. The second-order valence-corrected chi connectivity index (χ2v) is 5.36. The van der Waals surface area contributed by atoms with Crippen LogP contribution in [0, 0.1) is 0 Å². The normalized spacial score (nSPS) is 12.8. The van der Waals surface area contributed by atoms with E-state index in [0.717, 1.165) is 23.7 Å². The summed E-state index contributed by atoms with van der Waals surface area (Å²) >= 11 is 6.02. The highest BCUT2D eigenvalue weighted by Crippen LogP contribution is 2.21. The molecule has 2 rings (SSSR count). The molecule has 1 aromatic carbocycles. The third-order valence-electron chi connectivity index (χ3n) is 3.44. The Balaban J connectivity index is 2.10. The number of hydrogen-bond donors (Lipinski definition) is 1. The van der Waals surface area contributed by atoms with E-state index in [2.05, 4.69) is 36.2 Å². The van der Waals surface area contributed by atoms with Crippen LogP contribution in [0.4, 0.5) is 0 Å². The molecule has 0 saturated heterocycles. The molecular weight excluding hydrogens is 272 g/mol. The van der Waals surface area contributed by atoms with E-state index < -0.39 is 0 Å². The van der Waals surface area contributed by atoms with Gasteiger partial charge in [0, 0.05) is 36.4 Å². The minimum absolute atomic E-state index is 0.161. The minimum atomic E-state index is 0.161. The van der Waals surface area contributed by atoms with Crippen LogP contribution >= 0.6 is 11.6 Å². The Morgan fingerprint density at radius 2 is 2.25 bits per heavy atom. The Kier molecular flexibility index (Phi) is 5.17. The molecular formula is C15H21ClN4. The number of likely N-dealkylation sites (N-methyl/N-ethyl adjacent to an activating group) is 1. The lowest BCUT2D eigenvalue weighted by atomic mass is 10.1. The average Bonchev–Trinajstić information content (AvgIpc) is 2.88. The maximum Gasteiger partial charge on any atom is 0.0538 e. The molecule has 0 amide bonds. The molecule has 108 valence electrons. The second-order valence-electron chi connectivity index (χ2n) is 4.93. The van der Waals surface area contributed by atoms with Crippen molar-refractivity contribution in [2.75, 3.05) is 13.6 Å². The third kappa shape index (κ3) is 3.60. The maximum atomic E-state index is 6.02. The van der Waals surface area contributed by atoms with Crippen LogP contribution < -0.4 is 5.73 Å². The van der Waals surface area contributed by atoms with E-state index in [1.54, 1.807) is 0 Å². The Hall–Kier alpha value is -1.36. The Bertz CT molecular complexity index is 552. The van der Waals surface area contributed by atoms with Crippen molar-refractivity contribution in [2.45, 2.75) is 26.1 Å². The van der Waals surface area contributed by atoms with Gasteiger partial charge in [0.15, 0.2) is 0 Å². The van der Waals surface area contributed by atoms with Crippen molar-refractivity contribution in [3.63, 3.8) is 0 Å². The number of rotatable bonds is 6. The molecule has 2 N–H and O–H groups in total. The highest BCUT2D eigenvalue weighted by molar-refractivity contribution is 6.30. The predicted molar refractivity (Wildman–Crippen MR) is 82.6 cm³/mol. The van der Waals surface area contributed by atoms with E-state index in [9.17, 15) is 0 Å². The first-order valence-corrected chi connectivity index (χ1v) is 7.19. The molecule has 0 aliphatic carbocycles. The van der Waals surface area contributed by atoms with Crippen molar-refractivity contribution >= 4 is 11.6 Å². The zero-order valence-electron chi connectivity index (χ0n) is 12.0. The lowest BCUT2D eigenvalue weighted by Gasteiger charge is -2.26. The van der Waals surface area contributed by atoms with Gasteiger partial charge in [-0.3, -0.25) is 9.58 Å². The minimum Gasteiger partial charge on any atom is -0.329 e. The van der Waals surface area contributed by atoms with Crippen molar-refractivity contribution in [1.29, 1.82) is 0 Å². The first-order chi connectivity index (χ1) is 9.63. The number of benzene rings is 1. The van der Waals surface area contributed by atoms with Crippen LogP contribution in [0.1, 0.15) is 24.1 Å². The highest BCUT2D eigenvalue weighted by Gasteiger charge is 2.17. The lowest BCUT2D eigenvalue weighted by molar-refractivity contribution is 0.241. The quantitative estimate of drug-likeness (QED) is 0.890. The van der Waals surface area contributed by atoms with Gasteiger partial charge in [-0.05, 0) is 31.7 Å². The smallest absolute Gasteiger partial charge is 0.0538 e. The van der Waals surface area contributed by atoms with Crippen LogP contribution in [0.5, 0.6) is 0 Å². The van der Waals surface area contributed by atoms with Gasteiger partial charge < -0.3 is 5.73 Å². The van der Waals surface area contributed by atoms with Gasteiger partial charge in [-0.15, -0.1) is 0 Å². The van der Waals surface area contributed by atoms with Crippen molar-refractivity contribution in [1.82, 2.24) is 14.7 Å². The fourth-order valence-corrected chi connectivity index (χ4v) is 2.54.